The summed E-state index contributed by atoms with van der Waals surface area (Å²) in [4.78, 5) is 4.26. The molecule has 0 atom stereocenters. The quantitative estimate of drug-likeness (QED) is 0.600. The highest BCUT2D eigenvalue weighted by atomic mass is 14.9. The lowest BCUT2D eigenvalue weighted by Gasteiger charge is -1.96. The topological polar surface area (TPSA) is 17.3 Å². The zero-order chi connectivity index (χ0) is 7.68. The molecule has 2 rings (SSSR count). The van der Waals surface area contributed by atoms with Crippen LogP contribution in [0.25, 0.3) is 5.52 Å². The van der Waals surface area contributed by atoms with Crippen LogP contribution in [0.1, 0.15) is 12.6 Å². The molecule has 0 amide bonds. The van der Waals surface area contributed by atoms with Gasteiger partial charge in [0.05, 0.1) is 6.33 Å². The van der Waals surface area contributed by atoms with Crippen LogP contribution in [0.4, 0.5) is 0 Å². The number of hydrogen-bond donors (Lipinski definition) is 0. The van der Waals surface area contributed by atoms with Crippen molar-refractivity contribution in [3.8, 4) is 0 Å². The van der Waals surface area contributed by atoms with Crippen molar-refractivity contribution in [1.82, 2.24) is 9.38 Å². The molecule has 11 heavy (non-hydrogen) atoms. The Balaban J connectivity index is 2.67. The molecule has 0 saturated carbocycles. The molecule has 56 valence electrons. The number of aromatic nitrogens is 2. The second-order valence-electron chi connectivity index (χ2n) is 2.57. The maximum Gasteiger partial charge on any atom is 0.0993 e. The van der Waals surface area contributed by atoms with Gasteiger partial charge in [0, 0.05) is 17.4 Å². The van der Waals surface area contributed by atoms with E-state index < -0.39 is 0 Å². The first-order valence-corrected chi connectivity index (χ1v) is 3.82. The molecule has 0 saturated heterocycles. The minimum absolute atomic E-state index is 1.00. The van der Waals surface area contributed by atoms with Crippen molar-refractivity contribution in [3.63, 3.8) is 0 Å². The van der Waals surface area contributed by atoms with Crippen molar-refractivity contribution in [2.24, 2.45) is 0 Å². The van der Waals surface area contributed by atoms with Crippen LogP contribution in [-0.4, -0.2) is 9.38 Å². The predicted octanol–water partition coefficient (Wildman–Crippen LogP) is 1.90. The van der Waals surface area contributed by atoms with Crippen LogP contribution in [0.3, 0.4) is 0 Å². The van der Waals surface area contributed by atoms with E-state index in [1.165, 1.54) is 5.52 Å². The van der Waals surface area contributed by atoms with E-state index in [-0.39, 0.29) is 0 Å². The second-order valence-corrected chi connectivity index (χ2v) is 2.57. The summed E-state index contributed by atoms with van der Waals surface area (Å²) < 4.78 is 2.01. The third kappa shape index (κ3) is 1.00. The molecule has 0 aliphatic carbocycles. The van der Waals surface area contributed by atoms with E-state index >= 15 is 0 Å². The van der Waals surface area contributed by atoms with Crippen molar-refractivity contribution in [3.05, 3.63) is 36.4 Å². The summed E-state index contributed by atoms with van der Waals surface area (Å²) in [6, 6.07) is 6.22. The Morgan fingerprint density at radius 3 is 3.27 bits per heavy atom. The normalized spacial score (nSPS) is 10.6. The lowest BCUT2D eigenvalue weighted by atomic mass is 10.3. The van der Waals surface area contributed by atoms with E-state index in [1.54, 1.807) is 0 Å². The first-order chi connectivity index (χ1) is 5.40. The lowest BCUT2D eigenvalue weighted by Crippen LogP contribution is -1.90. The fourth-order valence-corrected chi connectivity index (χ4v) is 1.17. The zero-order valence-corrected chi connectivity index (χ0v) is 6.49. The van der Waals surface area contributed by atoms with Gasteiger partial charge in [-0.1, -0.05) is 6.92 Å². The van der Waals surface area contributed by atoms with Gasteiger partial charge in [0.1, 0.15) is 0 Å². The molecular weight excluding hydrogens is 136 g/mol. The number of hydrogen-bond acceptors (Lipinski definition) is 1. The van der Waals surface area contributed by atoms with Crippen LogP contribution in [-0.2, 0) is 6.42 Å². The Kier molecular flexibility index (Phi) is 1.39. The van der Waals surface area contributed by atoms with Gasteiger partial charge >= 0.3 is 0 Å². The molecule has 2 heteroatoms. The van der Waals surface area contributed by atoms with Crippen LogP contribution in [0.2, 0.25) is 0 Å². The molecule has 0 bridgehead atoms. The third-order valence-electron chi connectivity index (χ3n) is 1.84. The highest BCUT2D eigenvalue weighted by Crippen LogP contribution is 2.05. The minimum atomic E-state index is 1.00. The van der Waals surface area contributed by atoms with Gasteiger partial charge in [-0.2, -0.15) is 0 Å². The molecule has 2 heterocycles. The molecule has 0 aromatic carbocycles. The van der Waals surface area contributed by atoms with E-state index in [2.05, 4.69) is 24.0 Å². The number of aryl methyl sites for hydroxylation is 1. The molecule has 0 N–H and O–H groups in total. The Labute approximate surface area is 65.5 Å². The lowest BCUT2D eigenvalue weighted by molar-refractivity contribution is 0.982. The van der Waals surface area contributed by atoms with Gasteiger partial charge < -0.3 is 4.40 Å². The van der Waals surface area contributed by atoms with Crippen LogP contribution in [0, 0.1) is 0 Å². The largest absolute Gasteiger partial charge is 0.308 e. The summed E-state index contributed by atoms with van der Waals surface area (Å²) in [6.45, 7) is 2.11. The summed E-state index contributed by atoms with van der Waals surface area (Å²) in [5, 5.41) is 0. The second kappa shape index (κ2) is 2.38. The molecule has 2 nitrogen and oxygen atoms in total. The standard InChI is InChI=1S/C9H10N2/c1-2-8-6-9-4-3-5-11(9)7-10-8/h3-7H,2H2,1H3. The molecule has 2 aromatic heterocycles. The van der Waals surface area contributed by atoms with Crippen LogP contribution < -0.4 is 0 Å². The molecule has 0 unspecified atom stereocenters. The SMILES string of the molecule is CCc1cc2cccn2cn1. The Morgan fingerprint density at radius 2 is 2.45 bits per heavy atom. The van der Waals surface area contributed by atoms with Crippen LogP contribution in [0.15, 0.2) is 30.7 Å². The van der Waals surface area contributed by atoms with Gasteiger partial charge in [0.15, 0.2) is 0 Å². The average molecular weight is 146 g/mol. The van der Waals surface area contributed by atoms with Crippen molar-refractivity contribution < 1.29 is 0 Å². The fraction of sp³-hybridized carbons (Fsp3) is 0.222. The summed E-state index contributed by atoms with van der Waals surface area (Å²) >= 11 is 0. The number of fused-ring (bicyclic) bond motifs is 1. The van der Waals surface area contributed by atoms with Crippen molar-refractivity contribution in [2.75, 3.05) is 0 Å². The minimum Gasteiger partial charge on any atom is -0.308 e. The van der Waals surface area contributed by atoms with Gasteiger partial charge in [0.2, 0.25) is 0 Å². The van der Waals surface area contributed by atoms with E-state index in [1.807, 2.05) is 23.0 Å². The Hall–Kier alpha value is -1.31. The molecular formula is C9H10N2. The van der Waals surface area contributed by atoms with E-state index in [9.17, 15) is 0 Å². The first kappa shape index (κ1) is 6.40. The van der Waals surface area contributed by atoms with Crippen molar-refractivity contribution >= 4 is 5.52 Å². The average Bonchev–Trinajstić information content (AvgIpc) is 2.50. The maximum absolute atomic E-state index is 4.26. The molecule has 0 aliphatic rings. The highest BCUT2D eigenvalue weighted by Gasteiger charge is 1.93. The maximum atomic E-state index is 4.26. The smallest absolute Gasteiger partial charge is 0.0993 e. The zero-order valence-electron chi connectivity index (χ0n) is 6.49. The van der Waals surface area contributed by atoms with Crippen molar-refractivity contribution in [2.45, 2.75) is 13.3 Å². The van der Waals surface area contributed by atoms with Gasteiger partial charge in [-0.05, 0) is 24.6 Å². The van der Waals surface area contributed by atoms with Gasteiger partial charge in [-0.15, -0.1) is 0 Å². The summed E-state index contributed by atoms with van der Waals surface area (Å²) in [5.74, 6) is 0. The summed E-state index contributed by atoms with van der Waals surface area (Å²) in [5.41, 5.74) is 2.37. The van der Waals surface area contributed by atoms with Gasteiger partial charge in [0.25, 0.3) is 0 Å². The number of rotatable bonds is 1. The van der Waals surface area contributed by atoms with E-state index in [0.717, 1.165) is 12.1 Å². The Bertz CT molecular complexity index is 362. The molecule has 2 aromatic rings. The van der Waals surface area contributed by atoms with Gasteiger partial charge in [-0.25, -0.2) is 4.98 Å². The van der Waals surface area contributed by atoms with Gasteiger partial charge in [-0.3, -0.25) is 0 Å². The van der Waals surface area contributed by atoms with E-state index in [0.29, 0.717) is 0 Å². The monoisotopic (exact) mass is 146 g/mol. The highest BCUT2D eigenvalue weighted by molar-refractivity contribution is 5.47. The van der Waals surface area contributed by atoms with Crippen molar-refractivity contribution in [1.29, 1.82) is 0 Å². The molecule has 0 radical (unpaired) electrons. The fourth-order valence-electron chi connectivity index (χ4n) is 1.17. The third-order valence-corrected chi connectivity index (χ3v) is 1.84. The summed E-state index contributed by atoms with van der Waals surface area (Å²) in [7, 11) is 0. The van der Waals surface area contributed by atoms with E-state index in [4.69, 9.17) is 0 Å². The first-order valence-electron chi connectivity index (χ1n) is 3.82. The predicted molar refractivity (Wildman–Crippen MR) is 44.6 cm³/mol. The summed E-state index contributed by atoms with van der Waals surface area (Å²) in [6.07, 6.45) is 4.86. The Morgan fingerprint density at radius 1 is 1.55 bits per heavy atom. The van der Waals surface area contributed by atoms with Crippen LogP contribution in [0.5, 0.6) is 0 Å². The molecule has 0 fully saturated rings. The molecule has 0 aliphatic heterocycles. The van der Waals surface area contributed by atoms with Crippen LogP contribution >= 0.6 is 0 Å². The molecule has 0 spiro atoms. The number of nitrogens with zero attached hydrogens (tertiary/aromatic N) is 2.